The summed E-state index contributed by atoms with van der Waals surface area (Å²) in [6.45, 7) is 4.37. The Hall–Kier alpha value is -2.57. The second-order valence-corrected chi connectivity index (χ2v) is 6.34. The fourth-order valence-corrected chi connectivity index (χ4v) is 3.73. The van der Waals surface area contributed by atoms with Gasteiger partial charge in [0.1, 0.15) is 0 Å². The second-order valence-electron chi connectivity index (χ2n) is 6.34. The Bertz CT molecular complexity index is 736. The Morgan fingerprint density at radius 3 is 2.71 bits per heavy atom. The maximum absolute atomic E-state index is 13.2. The number of fused-ring (bicyclic) bond motifs is 2. The van der Waals surface area contributed by atoms with E-state index < -0.39 is 5.66 Å². The first-order valence-corrected chi connectivity index (χ1v) is 8.54. The summed E-state index contributed by atoms with van der Waals surface area (Å²) in [5.41, 5.74) is 6.44. The average Bonchev–Trinajstić information content (AvgIpc) is 2.83. The number of para-hydroxylation sites is 1. The molecule has 0 aromatic heterocycles. The molecule has 3 heterocycles. The number of nitrogens with zero attached hydrogens (tertiary/aromatic N) is 4. The molecule has 24 heavy (non-hydrogen) atoms. The molecule has 0 unspecified atom stereocenters. The molecule has 126 valence electrons. The van der Waals surface area contributed by atoms with Gasteiger partial charge in [-0.2, -0.15) is 0 Å². The van der Waals surface area contributed by atoms with E-state index in [1.54, 1.807) is 4.90 Å². The van der Waals surface area contributed by atoms with Gasteiger partial charge in [0.25, 0.3) is 11.6 Å². The van der Waals surface area contributed by atoms with Crippen LogP contribution in [0.2, 0.25) is 0 Å². The van der Waals surface area contributed by atoms with Crippen molar-refractivity contribution in [3.63, 3.8) is 0 Å². The first-order chi connectivity index (χ1) is 11.7. The van der Waals surface area contributed by atoms with Crippen LogP contribution in [0, 0.1) is 0 Å². The molecule has 1 aromatic rings. The SMILES string of the molecule is CCN1C(=O)[C@]2(N=C(N)NC(N3CCCCC3)=N2)c2ccccc21. The number of aliphatic imine (C=N–C) groups is 2. The summed E-state index contributed by atoms with van der Waals surface area (Å²) in [5, 5.41) is 3.05. The molecule has 0 radical (unpaired) electrons. The van der Waals surface area contributed by atoms with Gasteiger partial charge in [-0.25, -0.2) is 9.98 Å². The largest absolute Gasteiger partial charge is 0.370 e. The van der Waals surface area contributed by atoms with Crippen molar-refractivity contribution in [1.82, 2.24) is 10.2 Å². The van der Waals surface area contributed by atoms with E-state index in [4.69, 9.17) is 10.7 Å². The molecular weight excluding hydrogens is 304 g/mol. The lowest BCUT2D eigenvalue weighted by Crippen LogP contribution is -2.55. The highest BCUT2D eigenvalue weighted by Crippen LogP contribution is 2.44. The smallest absolute Gasteiger partial charge is 0.282 e. The van der Waals surface area contributed by atoms with E-state index in [2.05, 4.69) is 15.2 Å². The molecule has 0 saturated carbocycles. The van der Waals surface area contributed by atoms with E-state index in [0.29, 0.717) is 12.5 Å². The van der Waals surface area contributed by atoms with Crippen LogP contribution in [-0.4, -0.2) is 42.4 Å². The van der Waals surface area contributed by atoms with Gasteiger partial charge in [-0.15, -0.1) is 0 Å². The van der Waals surface area contributed by atoms with Crippen molar-refractivity contribution in [2.45, 2.75) is 31.8 Å². The molecule has 1 atom stereocenters. The van der Waals surface area contributed by atoms with Crippen LogP contribution < -0.4 is 16.0 Å². The van der Waals surface area contributed by atoms with E-state index in [9.17, 15) is 4.79 Å². The number of hydrogen-bond donors (Lipinski definition) is 2. The molecule has 3 aliphatic rings. The molecule has 0 bridgehead atoms. The number of carbonyl (C=O) groups excluding carboxylic acids is 1. The van der Waals surface area contributed by atoms with Crippen LogP contribution in [0.5, 0.6) is 0 Å². The standard InChI is InChI=1S/C17H22N6O/c1-2-23-13-9-5-4-8-12(13)17(14(23)24)20-15(18)19-16(21-17)22-10-6-3-7-11-22/h4-5,8-9H,2-3,6-7,10-11H2,1H3,(H3,18,19,20,21)/t17-/m0/s1. The van der Waals surface area contributed by atoms with Crippen LogP contribution >= 0.6 is 0 Å². The van der Waals surface area contributed by atoms with Gasteiger partial charge in [-0.05, 0) is 32.3 Å². The third kappa shape index (κ3) is 2.07. The minimum Gasteiger partial charge on any atom is -0.370 e. The topological polar surface area (TPSA) is 86.3 Å². The Morgan fingerprint density at radius 1 is 1.21 bits per heavy atom. The summed E-state index contributed by atoms with van der Waals surface area (Å²) < 4.78 is 0. The van der Waals surface area contributed by atoms with Gasteiger partial charge < -0.3 is 15.5 Å². The summed E-state index contributed by atoms with van der Waals surface area (Å²) in [6, 6.07) is 7.70. The quantitative estimate of drug-likeness (QED) is 0.805. The van der Waals surface area contributed by atoms with Crippen LogP contribution in [0.3, 0.4) is 0 Å². The molecule has 1 amide bonds. The zero-order valence-corrected chi connectivity index (χ0v) is 13.8. The van der Waals surface area contributed by atoms with E-state index in [1.165, 1.54) is 6.42 Å². The van der Waals surface area contributed by atoms with Crippen LogP contribution in [0.1, 0.15) is 31.7 Å². The highest BCUT2D eigenvalue weighted by Gasteiger charge is 2.53. The van der Waals surface area contributed by atoms with Gasteiger partial charge in [0.15, 0.2) is 5.96 Å². The maximum Gasteiger partial charge on any atom is 0.282 e. The van der Waals surface area contributed by atoms with Crippen molar-refractivity contribution in [2.24, 2.45) is 15.7 Å². The number of guanidine groups is 2. The Labute approximate surface area is 141 Å². The number of nitrogens with two attached hydrogens (primary N) is 1. The predicted octanol–water partition coefficient (Wildman–Crippen LogP) is 0.966. The zero-order valence-electron chi connectivity index (χ0n) is 13.8. The molecule has 4 rings (SSSR count). The molecule has 3 aliphatic heterocycles. The minimum atomic E-state index is -1.28. The third-order valence-electron chi connectivity index (χ3n) is 4.88. The monoisotopic (exact) mass is 326 g/mol. The highest BCUT2D eigenvalue weighted by molar-refractivity contribution is 6.12. The second kappa shape index (κ2) is 5.51. The number of hydrogen-bond acceptors (Lipinski definition) is 6. The molecule has 7 heteroatoms. The van der Waals surface area contributed by atoms with E-state index >= 15 is 0 Å². The molecular formula is C17H22N6O. The summed E-state index contributed by atoms with van der Waals surface area (Å²) >= 11 is 0. The normalized spacial score (nSPS) is 26.1. The third-order valence-corrected chi connectivity index (χ3v) is 4.88. The van der Waals surface area contributed by atoms with Gasteiger partial charge >= 0.3 is 0 Å². The molecule has 3 N–H and O–H groups in total. The van der Waals surface area contributed by atoms with Gasteiger partial charge in [0.2, 0.25) is 5.96 Å². The van der Waals surface area contributed by atoms with Crippen molar-refractivity contribution < 1.29 is 4.79 Å². The number of likely N-dealkylation sites (N-methyl/N-ethyl adjacent to an activating group) is 1. The van der Waals surface area contributed by atoms with Crippen LogP contribution in [0.25, 0.3) is 0 Å². The molecule has 7 nitrogen and oxygen atoms in total. The van der Waals surface area contributed by atoms with Crippen LogP contribution in [0.4, 0.5) is 5.69 Å². The zero-order chi connectivity index (χ0) is 16.7. The average molecular weight is 326 g/mol. The van der Waals surface area contributed by atoms with Gasteiger partial charge in [-0.1, -0.05) is 18.2 Å². The van der Waals surface area contributed by atoms with Gasteiger partial charge in [0.05, 0.1) is 5.69 Å². The first kappa shape index (κ1) is 15.0. The minimum absolute atomic E-state index is 0.134. The molecule has 1 spiro atoms. The molecule has 1 fully saturated rings. The summed E-state index contributed by atoms with van der Waals surface area (Å²) in [6.07, 6.45) is 3.47. The lowest BCUT2D eigenvalue weighted by Gasteiger charge is -2.34. The molecule has 0 aliphatic carbocycles. The lowest BCUT2D eigenvalue weighted by atomic mass is 10.0. The Kier molecular flexibility index (Phi) is 3.44. The van der Waals surface area contributed by atoms with Crippen molar-refractivity contribution in [2.75, 3.05) is 24.5 Å². The van der Waals surface area contributed by atoms with Gasteiger partial charge in [0, 0.05) is 25.2 Å². The number of likely N-dealkylation sites (tertiary alicyclic amines) is 1. The molecule has 1 saturated heterocycles. The van der Waals surface area contributed by atoms with Crippen molar-refractivity contribution in [1.29, 1.82) is 0 Å². The maximum atomic E-state index is 13.2. The Morgan fingerprint density at radius 2 is 1.96 bits per heavy atom. The van der Waals surface area contributed by atoms with Crippen LogP contribution in [-0.2, 0) is 10.5 Å². The fourth-order valence-electron chi connectivity index (χ4n) is 3.73. The number of piperidine rings is 1. The van der Waals surface area contributed by atoms with Crippen molar-refractivity contribution in [3.8, 4) is 0 Å². The van der Waals surface area contributed by atoms with Crippen molar-refractivity contribution >= 4 is 23.5 Å². The van der Waals surface area contributed by atoms with Crippen LogP contribution in [0.15, 0.2) is 34.3 Å². The van der Waals surface area contributed by atoms with E-state index in [1.807, 2.05) is 31.2 Å². The molecule has 1 aromatic carbocycles. The number of benzene rings is 1. The summed E-state index contributed by atoms with van der Waals surface area (Å²) in [5.74, 6) is 0.764. The summed E-state index contributed by atoms with van der Waals surface area (Å²) in [4.78, 5) is 26.3. The number of rotatable bonds is 1. The Balaban J connectivity index is 1.84. The van der Waals surface area contributed by atoms with E-state index in [0.717, 1.165) is 37.2 Å². The first-order valence-electron chi connectivity index (χ1n) is 8.54. The number of carbonyl (C=O) groups is 1. The highest BCUT2D eigenvalue weighted by atomic mass is 16.2. The van der Waals surface area contributed by atoms with Crippen molar-refractivity contribution in [3.05, 3.63) is 29.8 Å². The van der Waals surface area contributed by atoms with E-state index in [-0.39, 0.29) is 11.9 Å². The number of nitrogens with one attached hydrogen (secondary N) is 1. The lowest BCUT2D eigenvalue weighted by molar-refractivity contribution is -0.122. The fraction of sp³-hybridized carbons (Fsp3) is 0.471. The number of anilines is 1. The predicted molar refractivity (Wildman–Crippen MR) is 93.8 cm³/mol. The number of amides is 1. The summed E-state index contributed by atoms with van der Waals surface area (Å²) in [7, 11) is 0. The van der Waals surface area contributed by atoms with Gasteiger partial charge in [-0.3, -0.25) is 10.1 Å².